The van der Waals surface area contributed by atoms with Gasteiger partial charge in [0.25, 0.3) is 0 Å². The highest BCUT2D eigenvalue weighted by atomic mass is 79.9. The average molecular weight is 269 g/mol. The predicted molar refractivity (Wildman–Crippen MR) is 67.6 cm³/mol. The van der Waals surface area contributed by atoms with Gasteiger partial charge in [0, 0.05) is 11.2 Å². The van der Waals surface area contributed by atoms with Crippen molar-refractivity contribution >= 4 is 22.2 Å². The lowest BCUT2D eigenvalue weighted by Crippen LogP contribution is -1.98. The van der Waals surface area contributed by atoms with Crippen LogP contribution in [-0.4, -0.2) is 6.29 Å². The summed E-state index contributed by atoms with van der Waals surface area (Å²) >= 11 is 3.65. The molecule has 15 heavy (non-hydrogen) atoms. The van der Waals surface area contributed by atoms with Crippen LogP contribution < -0.4 is 0 Å². The van der Waals surface area contributed by atoms with Gasteiger partial charge in [-0.05, 0) is 43.9 Å². The lowest BCUT2D eigenvalue weighted by atomic mass is 9.96. The van der Waals surface area contributed by atoms with Crippen LogP contribution in [0.3, 0.4) is 0 Å². The summed E-state index contributed by atoms with van der Waals surface area (Å²) in [7, 11) is 0. The van der Waals surface area contributed by atoms with E-state index < -0.39 is 0 Å². The summed E-state index contributed by atoms with van der Waals surface area (Å²) < 4.78 is 0. The molecule has 0 radical (unpaired) electrons. The Labute approximate surface area is 100 Å². The molecule has 0 saturated heterocycles. The SMILES string of the molecule is Cc1cc(C)c(C(Br)CCC=O)c(C)c1. The molecule has 1 unspecified atom stereocenters. The molecule has 0 aliphatic heterocycles. The minimum atomic E-state index is 0.295. The molecule has 0 aromatic heterocycles. The van der Waals surface area contributed by atoms with Crippen LogP contribution in [0.25, 0.3) is 0 Å². The molecule has 1 aromatic rings. The Balaban J connectivity index is 2.97. The second kappa shape index (κ2) is 5.45. The fourth-order valence-corrected chi connectivity index (χ4v) is 3.03. The normalized spacial score (nSPS) is 12.5. The molecule has 1 nitrogen and oxygen atoms in total. The van der Waals surface area contributed by atoms with Crippen LogP contribution in [-0.2, 0) is 4.79 Å². The summed E-state index contributed by atoms with van der Waals surface area (Å²) in [5.74, 6) is 0. The average Bonchev–Trinajstić information content (AvgIpc) is 2.12. The van der Waals surface area contributed by atoms with Gasteiger partial charge in [0.2, 0.25) is 0 Å². The first kappa shape index (κ1) is 12.4. The molecular weight excluding hydrogens is 252 g/mol. The summed E-state index contributed by atoms with van der Waals surface area (Å²) in [5.41, 5.74) is 5.24. The van der Waals surface area contributed by atoms with Gasteiger partial charge in [-0.25, -0.2) is 0 Å². The largest absolute Gasteiger partial charge is 0.303 e. The molecule has 0 aliphatic rings. The molecule has 0 N–H and O–H groups in total. The van der Waals surface area contributed by atoms with Crippen LogP contribution in [0.5, 0.6) is 0 Å². The van der Waals surface area contributed by atoms with Crippen molar-refractivity contribution in [3.8, 4) is 0 Å². The molecule has 2 heteroatoms. The molecule has 1 rings (SSSR count). The quantitative estimate of drug-likeness (QED) is 0.595. The lowest BCUT2D eigenvalue weighted by Gasteiger charge is -2.16. The standard InChI is InChI=1S/C13H17BrO/c1-9-7-10(2)13(11(3)8-9)12(14)5-4-6-15/h6-8,12H,4-5H2,1-3H3. The number of alkyl halides is 1. The number of aldehydes is 1. The number of hydrogen-bond donors (Lipinski definition) is 0. The highest BCUT2D eigenvalue weighted by Gasteiger charge is 2.12. The van der Waals surface area contributed by atoms with Crippen LogP contribution in [0, 0.1) is 20.8 Å². The van der Waals surface area contributed by atoms with E-state index in [2.05, 4.69) is 48.8 Å². The van der Waals surface area contributed by atoms with Crippen molar-refractivity contribution in [3.05, 3.63) is 34.4 Å². The van der Waals surface area contributed by atoms with Gasteiger partial charge in [-0.1, -0.05) is 33.6 Å². The van der Waals surface area contributed by atoms with Crippen LogP contribution in [0.1, 0.15) is 39.9 Å². The monoisotopic (exact) mass is 268 g/mol. The molecule has 0 spiro atoms. The van der Waals surface area contributed by atoms with E-state index in [-0.39, 0.29) is 0 Å². The van der Waals surface area contributed by atoms with Crippen molar-refractivity contribution in [1.29, 1.82) is 0 Å². The highest BCUT2D eigenvalue weighted by molar-refractivity contribution is 9.09. The molecule has 1 aromatic carbocycles. The zero-order valence-corrected chi connectivity index (χ0v) is 11.1. The Hall–Kier alpha value is -0.630. The van der Waals surface area contributed by atoms with Gasteiger partial charge in [0.15, 0.2) is 0 Å². The second-order valence-corrected chi connectivity index (χ2v) is 5.13. The van der Waals surface area contributed by atoms with Crippen molar-refractivity contribution in [2.45, 2.75) is 38.4 Å². The van der Waals surface area contributed by atoms with Crippen molar-refractivity contribution in [3.63, 3.8) is 0 Å². The minimum absolute atomic E-state index is 0.295. The third-order valence-corrected chi connectivity index (χ3v) is 3.50. The topological polar surface area (TPSA) is 17.1 Å². The fraction of sp³-hybridized carbons (Fsp3) is 0.462. The zero-order chi connectivity index (χ0) is 11.4. The summed E-state index contributed by atoms with van der Waals surface area (Å²) in [5, 5.41) is 0. The molecule has 0 fully saturated rings. The zero-order valence-electron chi connectivity index (χ0n) is 9.51. The third kappa shape index (κ3) is 3.16. The van der Waals surface area contributed by atoms with Crippen molar-refractivity contribution in [1.82, 2.24) is 0 Å². The number of carbonyl (C=O) groups excluding carboxylic acids is 1. The second-order valence-electron chi connectivity index (χ2n) is 4.02. The maximum atomic E-state index is 10.3. The Kier molecular flexibility index (Phi) is 4.52. The Morgan fingerprint density at radius 1 is 1.27 bits per heavy atom. The first-order valence-electron chi connectivity index (χ1n) is 5.21. The third-order valence-electron chi connectivity index (χ3n) is 2.59. The molecule has 82 valence electrons. The van der Waals surface area contributed by atoms with Crippen LogP contribution in [0.4, 0.5) is 0 Å². The predicted octanol–water partition coefficient (Wildman–Crippen LogP) is 4.03. The highest BCUT2D eigenvalue weighted by Crippen LogP contribution is 2.32. The molecule has 0 amide bonds. The Morgan fingerprint density at radius 3 is 2.27 bits per heavy atom. The maximum absolute atomic E-state index is 10.3. The van der Waals surface area contributed by atoms with Crippen molar-refractivity contribution in [2.24, 2.45) is 0 Å². The fourth-order valence-electron chi connectivity index (χ4n) is 2.04. The summed E-state index contributed by atoms with van der Waals surface area (Å²) in [4.78, 5) is 10.6. The van der Waals surface area contributed by atoms with E-state index in [4.69, 9.17) is 0 Å². The maximum Gasteiger partial charge on any atom is 0.120 e. The number of carbonyl (C=O) groups is 1. The lowest BCUT2D eigenvalue weighted by molar-refractivity contribution is -0.107. The summed E-state index contributed by atoms with van der Waals surface area (Å²) in [6.45, 7) is 6.37. The number of benzene rings is 1. The van der Waals surface area contributed by atoms with E-state index >= 15 is 0 Å². The summed E-state index contributed by atoms with van der Waals surface area (Å²) in [6.07, 6.45) is 2.46. The minimum Gasteiger partial charge on any atom is -0.303 e. The van der Waals surface area contributed by atoms with Gasteiger partial charge in [0.1, 0.15) is 6.29 Å². The van der Waals surface area contributed by atoms with Crippen LogP contribution >= 0.6 is 15.9 Å². The van der Waals surface area contributed by atoms with Gasteiger partial charge < -0.3 is 4.79 Å². The van der Waals surface area contributed by atoms with Crippen molar-refractivity contribution in [2.75, 3.05) is 0 Å². The molecule has 1 atom stereocenters. The van der Waals surface area contributed by atoms with Gasteiger partial charge in [-0.2, -0.15) is 0 Å². The van der Waals surface area contributed by atoms with E-state index in [0.717, 1.165) is 12.7 Å². The number of halogens is 1. The van der Waals surface area contributed by atoms with Gasteiger partial charge >= 0.3 is 0 Å². The first-order valence-corrected chi connectivity index (χ1v) is 6.13. The van der Waals surface area contributed by atoms with E-state index in [1.165, 1.54) is 22.3 Å². The smallest absolute Gasteiger partial charge is 0.120 e. The Bertz CT molecular complexity index is 335. The summed E-state index contributed by atoms with van der Waals surface area (Å²) in [6, 6.07) is 4.38. The number of aryl methyl sites for hydroxylation is 3. The van der Waals surface area contributed by atoms with E-state index in [0.29, 0.717) is 11.2 Å². The van der Waals surface area contributed by atoms with E-state index in [9.17, 15) is 4.79 Å². The van der Waals surface area contributed by atoms with Gasteiger partial charge in [-0.15, -0.1) is 0 Å². The molecular formula is C13H17BrO. The molecule has 0 aliphatic carbocycles. The molecule has 0 heterocycles. The number of hydrogen-bond acceptors (Lipinski definition) is 1. The first-order chi connectivity index (χ1) is 7.06. The van der Waals surface area contributed by atoms with E-state index in [1.807, 2.05) is 0 Å². The molecule has 0 saturated carbocycles. The van der Waals surface area contributed by atoms with E-state index in [1.54, 1.807) is 0 Å². The van der Waals surface area contributed by atoms with Crippen molar-refractivity contribution < 1.29 is 4.79 Å². The van der Waals surface area contributed by atoms with Gasteiger partial charge in [0.05, 0.1) is 0 Å². The van der Waals surface area contributed by atoms with Gasteiger partial charge in [-0.3, -0.25) is 0 Å². The molecule has 0 bridgehead atoms. The number of rotatable bonds is 4. The van der Waals surface area contributed by atoms with Crippen LogP contribution in [0.2, 0.25) is 0 Å². The Morgan fingerprint density at radius 2 is 1.80 bits per heavy atom. The van der Waals surface area contributed by atoms with Crippen LogP contribution in [0.15, 0.2) is 12.1 Å².